The average molecular weight is 693 g/mol. The number of unbranched alkanes of at least 4 members (excludes halogenated alkanes) is 30. The highest BCUT2D eigenvalue weighted by atomic mass is 16.6. The van der Waals surface area contributed by atoms with E-state index in [1.807, 2.05) is 0 Å². The van der Waals surface area contributed by atoms with Gasteiger partial charge < -0.3 is 14.6 Å². The van der Waals surface area contributed by atoms with Crippen molar-refractivity contribution in [1.82, 2.24) is 0 Å². The Morgan fingerprint density at radius 3 is 1.10 bits per heavy atom. The molecule has 0 spiro atoms. The van der Waals surface area contributed by atoms with Crippen molar-refractivity contribution in [2.24, 2.45) is 0 Å². The molecule has 1 atom stereocenters. The van der Waals surface area contributed by atoms with Crippen molar-refractivity contribution in [3.05, 3.63) is 12.2 Å². The molecule has 0 aliphatic heterocycles. The summed E-state index contributed by atoms with van der Waals surface area (Å²) >= 11 is 0. The summed E-state index contributed by atoms with van der Waals surface area (Å²) in [6.45, 7) is 4.16. The maximum atomic E-state index is 12.2. The second-order valence-corrected chi connectivity index (χ2v) is 14.8. The molecule has 0 bridgehead atoms. The molecule has 5 heteroatoms. The molecule has 0 rings (SSSR count). The fraction of sp³-hybridized carbons (Fsp3) is 0.909. The van der Waals surface area contributed by atoms with E-state index < -0.39 is 6.10 Å². The SMILES string of the molecule is CCCCCCCC/C=C/CCCCCCCCCCCCCC(=O)OC[C@H](CO)OC(=O)CCCCCCCCCCCCCCCC. The molecule has 0 aromatic rings. The molecule has 0 saturated heterocycles. The van der Waals surface area contributed by atoms with E-state index in [2.05, 4.69) is 26.0 Å². The van der Waals surface area contributed by atoms with Crippen LogP contribution < -0.4 is 0 Å². The van der Waals surface area contributed by atoms with Crippen molar-refractivity contribution in [3.8, 4) is 0 Å². The minimum Gasteiger partial charge on any atom is -0.462 e. The van der Waals surface area contributed by atoms with E-state index >= 15 is 0 Å². The number of ether oxygens (including phenoxy) is 2. The first-order chi connectivity index (χ1) is 24.1. The summed E-state index contributed by atoms with van der Waals surface area (Å²) in [5, 5.41) is 9.57. The number of carbonyl (C=O) groups excluding carboxylic acids is 2. The molecule has 49 heavy (non-hydrogen) atoms. The lowest BCUT2D eigenvalue weighted by atomic mass is 10.0. The molecule has 0 aliphatic carbocycles. The Morgan fingerprint density at radius 1 is 0.449 bits per heavy atom. The summed E-state index contributed by atoms with van der Waals surface area (Å²) < 4.78 is 10.6. The van der Waals surface area contributed by atoms with Crippen LogP contribution >= 0.6 is 0 Å². The van der Waals surface area contributed by atoms with Gasteiger partial charge in [0.15, 0.2) is 6.10 Å². The molecule has 0 fully saturated rings. The quantitative estimate of drug-likeness (QED) is 0.0393. The van der Waals surface area contributed by atoms with Gasteiger partial charge >= 0.3 is 11.9 Å². The summed E-state index contributed by atoms with van der Waals surface area (Å²) in [5.41, 5.74) is 0. The van der Waals surface area contributed by atoms with Crippen molar-refractivity contribution >= 4 is 11.9 Å². The van der Waals surface area contributed by atoms with Crippen LogP contribution in [0.2, 0.25) is 0 Å². The Bertz CT molecular complexity index is 705. The third kappa shape index (κ3) is 39.3. The van der Waals surface area contributed by atoms with Gasteiger partial charge in [-0.1, -0.05) is 199 Å². The minimum atomic E-state index is -0.764. The molecule has 0 aliphatic rings. The van der Waals surface area contributed by atoms with Crippen LogP contribution in [-0.2, 0) is 19.1 Å². The molecule has 5 nitrogen and oxygen atoms in total. The smallest absolute Gasteiger partial charge is 0.306 e. The van der Waals surface area contributed by atoms with Crippen LogP contribution in [0.25, 0.3) is 0 Å². The Balaban J connectivity index is 3.47. The zero-order valence-electron chi connectivity index (χ0n) is 33.0. The normalized spacial score (nSPS) is 12.1. The Kier molecular flexibility index (Phi) is 39.9. The molecule has 0 saturated carbocycles. The fourth-order valence-electron chi connectivity index (χ4n) is 6.49. The lowest BCUT2D eigenvalue weighted by Crippen LogP contribution is -2.28. The zero-order chi connectivity index (χ0) is 35.7. The van der Waals surface area contributed by atoms with Crippen molar-refractivity contribution in [3.63, 3.8) is 0 Å². The van der Waals surface area contributed by atoms with Gasteiger partial charge in [0, 0.05) is 12.8 Å². The lowest BCUT2D eigenvalue weighted by molar-refractivity contribution is -0.161. The molecule has 0 amide bonds. The second kappa shape index (κ2) is 41.1. The first-order valence-corrected chi connectivity index (χ1v) is 21.7. The maximum absolute atomic E-state index is 12.2. The number of rotatable bonds is 40. The predicted octanol–water partition coefficient (Wildman–Crippen LogP) is 13.7. The Morgan fingerprint density at radius 2 is 0.755 bits per heavy atom. The van der Waals surface area contributed by atoms with E-state index in [1.165, 1.54) is 173 Å². The molecule has 290 valence electrons. The topological polar surface area (TPSA) is 72.8 Å². The number of allylic oxidation sites excluding steroid dienone is 2. The van der Waals surface area contributed by atoms with E-state index in [9.17, 15) is 14.7 Å². The molecule has 0 radical (unpaired) electrons. The second-order valence-electron chi connectivity index (χ2n) is 14.8. The number of aliphatic hydroxyl groups excluding tert-OH is 1. The van der Waals surface area contributed by atoms with E-state index in [4.69, 9.17) is 9.47 Å². The summed E-state index contributed by atoms with van der Waals surface area (Å²) in [5.74, 6) is -0.578. The fourth-order valence-corrected chi connectivity index (χ4v) is 6.49. The Hall–Kier alpha value is -1.36. The van der Waals surface area contributed by atoms with Crippen LogP contribution in [-0.4, -0.2) is 36.4 Å². The maximum Gasteiger partial charge on any atom is 0.306 e. The van der Waals surface area contributed by atoms with Gasteiger partial charge in [0.1, 0.15) is 6.61 Å². The summed E-state index contributed by atoms with van der Waals surface area (Å²) in [6.07, 6.45) is 47.1. The van der Waals surface area contributed by atoms with Gasteiger partial charge in [-0.3, -0.25) is 9.59 Å². The van der Waals surface area contributed by atoms with Crippen LogP contribution in [0.3, 0.4) is 0 Å². The van der Waals surface area contributed by atoms with Gasteiger partial charge in [0.05, 0.1) is 6.61 Å². The Labute approximate surface area is 305 Å². The largest absolute Gasteiger partial charge is 0.462 e. The molecular formula is C44H84O5. The highest BCUT2D eigenvalue weighted by Crippen LogP contribution is 2.15. The first-order valence-electron chi connectivity index (χ1n) is 21.7. The van der Waals surface area contributed by atoms with E-state index in [1.54, 1.807) is 0 Å². The van der Waals surface area contributed by atoms with Crippen LogP contribution in [0.4, 0.5) is 0 Å². The van der Waals surface area contributed by atoms with Crippen molar-refractivity contribution in [1.29, 1.82) is 0 Å². The van der Waals surface area contributed by atoms with Crippen LogP contribution in [0.1, 0.15) is 239 Å². The van der Waals surface area contributed by atoms with Crippen molar-refractivity contribution in [2.75, 3.05) is 13.2 Å². The number of carbonyl (C=O) groups is 2. The monoisotopic (exact) mass is 693 g/mol. The molecule has 0 heterocycles. The van der Waals surface area contributed by atoms with E-state index in [0.717, 1.165) is 38.5 Å². The third-order valence-electron chi connectivity index (χ3n) is 9.81. The number of hydrogen-bond donors (Lipinski definition) is 1. The van der Waals surface area contributed by atoms with Gasteiger partial charge in [-0.2, -0.15) is 0 Å². The number of hydrogen-bond acceptors (Lipinski definition) is 5. The van der Waals surface area contributed by atoms with Gasteiger partial charge in [0.25, 0.3) is 0 Å². The average Bonchev–Trinajstić information content (AvgIpc) is 3.10. The highest BCUT2D eigenvalue weighted by Gasteiger charge is 2.16. The number of aliphatic hydroxyl groups is 1. The molecule has 0 aromatic heterocycles. The molecule has 0 aromatic carbocycles. The van der Waals surface area contributed by atoms with E-state index in [0.29, 0.717) is 12.8 Å². The van der Waals surface area contributed by atoms with Gasteiger partial charge in [-0.15, -0.1) is 0 Å². The minimum absolute atomic E-state index is 0.0598. The van der Waals surface area contributed by atoms with E-state index in [-0.39, 0.29) is 25.2 Å². The summed E-state index contributed by atoms with van der Waals surface area (Å²) in [4.78, 5) is 24.3. The summed E-state index contributed by atoms with van der Waals surface area (Å²) in [6, 6.07) is 0. The first kappa shape index (κ1) is 47.6. The van der Waals surface area contributed by atoms with Gasteiger partial charge in [-0.05, 0) is 38.5 Å². The van der Waals surface area contributed by atoms with Gasteiger partial charge in [-0.25, -0.2) is 0 Å². The van der Waals surface area contributed by atoms with Crippen molar-refractivity contribution < 1.29 is 24.2 Å². The molecule has 0 unspecified atom stereocenters. The van der Waals surface area contributed by atoms with Crippen molar-refractivity contribution in [2.45, 2.75) is 245 Å². The van der Waals surface area contributed by atoms with Gasteiger partial charge in [0.2, 0.25) is 0 Å². The highest BCUT2D eigenvalue weighted by molar-refractivity contribution is 5.70. The number of esters is 2. The molecular weight excluding hydrogens is 608 g/mol. The zero-order valence-corrected chi connectivity index (χ0v) is 33.0. The standard InChI is InChI=1S/C44H84O5/c1-3-5-7-9-11-13-15-17-19-20-21-22-23-24-25-27-28-30-32-34-36-38-43(46)48-41-42(40-45)49-44(47)39-37-35-33-31-29-26-18-16-14-12-10-8-6-4-2/h17,19,42,45H,3-16,18,20-41H2,1-2H3/b19-17+/t42-/m0/s1. The predicted molar refractivity (Wildman–Crippen MR) is 210 cm³/mol. The van der Waals surface area contributed by atoms with Crippen LogP contribution in [0.5, 0.6) is 0 Å². The summed E-state index contributed by atoms with van der Waals surface area (Å²) in [7, 11) is 0. The molecule has 1 N–H and O–H groups in total. The lowest BCUT2D eigenvalue weighted by Gasteiger charge is -2.15. The third-order valence-corrected chi connectivity index (χ3v) is 9.81. The van der Waals surface area contributed by atoms with Crippen LogP contribution in [0.15, 0.2) is 12.2 Å². The van der Waals surface area contributed by atoms with Crippen LogP contribution in [0, 0.1) is 0 Å².